The summed E-state index contributed by atoms with van der Waals surface area (Å²) in [5, 5.41) is 2.92. The first-order valence-electron chi connectivity index (χ1n) is 11.5. The van der Waals surface area contributed by atoms with Crippen LogP contribution >= 0.6 is 15.9 Å². The first-order valence-corrected chi connectivity index (χ1v) is 14.2. The fourth-order valence-corrected chi connectivity index (χ4v) is 4.88. The highest BCUT2D eigenvalue weighted by molar-refractivity contribution is 9.10. The molecule has 2 amide bonds. The molecule has 0 heterocycles. The van der Waals surface area contributed by atoms with E-state index in [4.69, 9.17) is 0 Å². The second-order valence-corrected chi connectivity index (χ2v) is 11.0. The van der Waals surface area contributed by atoms with Gasteiger partial charge in [0.05, 0.1) is 11.9 Å². The molecule has 34 heavy (non-hydrogen) atoms. The molecule has 0 spiro atoms. The van der Waals surface area contributed by atoms with E-state index in [1.165, 1.54) is 4.90 Å². The molecule has 0 aliphatic carbocycles. The van der Waals surface area contributed by atoms with Crippen molar-refractivity contribution in [1.29, 1.82) is 0 Å². The lowest BCUT2D eigenvalue weighted by Crippen LogP contribution is -2.53. The molecule has 0 fully saturated rings. The lowest BCUT2D eigenvalue weighted by molar-refractivity contribution is -0.139. The van der Waals surface area contributed by atoms with Crippen molar-refractivity contribution in [2.45, 2.75) is 45.6 Å². The Morgan fingerprint density at radius 2 is 1.76 bits per heavy atom. The Morgan fingerprint density at radius 1 is 1.06 bits per heavy atom. The Bertz CT molecular complexity index is 1050. The number of halogens is 1. The molecule has 0 unspecified atom stereocenters. The molecule has 2 rings (SSSR count). The van der Waals surface area contributed by atoms with Crippen molar-refractivity contribution >= 4 is 43.5 Å². The predicted molar refractivity (Wildman–Crippen MR) is 140 cm³/mol. The number of rotatable bonds is 13. The maximum atomic E-state index is 13.5. The van der Waals surface area contributed by atoms with Gasteiger partial charge in [-0.2, -0.15) is 0 Å². The molecule has 0 bridgehead atoms. The SMILES string of the molecule is CCCCNC(=O)[C@H](CC)N(CCc1ccccc1)C(=O)CN(c1cccc(Br)c1)S(C)(=O)=O. The van der Waals surface area contributed by atoms with Crippen LogP contribution in [0.15, 0.2) is 59.1 Å². The maximum Gasteiger partial charge on any atom is 0.244 e. The van der Waals surface area contributed by atoms with Crippen LogP contribution in [0.1, 0.15) is 38.7 Å². The maximum absolute atomic E-state index is 13.5. The average molecular weight is 553 g/mol. The van der Waals surface area contributed by atoms with Crippen LogP contribution in [0.4, 0.5) is 5.69 Å². The number of nitrogens with one attached hydrogen (secondary N) is 1. The van der Waals surface area contributed by atoms with Gasteiger partial charge in [-0.1, -0.05) is 72.6 Å². The number of hydrogen-bond acceptors (Lipinski definition) is 4. The van der Waals surface area contributed by atoms with Gasteiger partial charge in [-0.25, -0.2) is 8.42 Å². The molecule has 2 aromatic rings. The fraction of sp³-hybridized carbons (Fsp3) is 0.440. The number of hydrogen-bond donors (Lipinski definition) is 1. The van der Waals surface area contributed by atoms with Gasteiger partial charge in [0.15, 0.2) is 0 Å². The van der Waals surface area contributed by atoms with Gasteiger partial charge >= 0.3 is 0 Å². The monoisotopic (exact) mass is 551 g/mol. The van der Waals surface area contributed by atoms with Crippen LogP contribution in [0.5, 0.6) is 0 Å². The summed E-state index contributed by atoms with van der Waals surface area (Å²) in [4.78, 5) is 28.0. The van der Waals surface area contributed by atoms with Crippen molar-refractivity contribution in [1.82, 2.24) is 10.2 Å². The molecule has 0 saturated heterocycles. The average Bonchev–Trinajstić information content (AvgIpc) is 2.80. The van der Waals surface area contributed by atoms with Gasteiger partial charge in [0.2, 0.25) is 21.8 Å². The first kappa shape index (κ1) is 27.9. The number of unbranched alkanes of at least 4 members (excludes halogenated alkanes) is 1. The quantitative estimate of drug-likeness (QED) is 0.381. The van der Waals surface area contributed by atoms with E-state index in [1.807, 2.05) is 44.2 Å². The van der Waals surface area contributed by atoms with Gasteiger partial charge in [0.1, 0.15) is 12.6 Å². The van der Waals surface area contributed by atoms with Gasteiger partial charge in [0.25, 0.3) is 0 Å². The lowest BCUT2D eigenvalue weighted by Gasteiger charge is -2.33. The van der Waals surface area contributed by atoms with Gasteiger partial charge in [-0.3, -0.25) is 13.9 Å². The van der Waals surface area contributed by atoms with E-state index < -0.39 is 22.0 Å². The Kier molecular flexibility index (Phi) is 11.0. The molecular weight excluding hydrogens is 518 g/mol. The van der Waals surface area contributed by atoms with E-state index in [0.29, 0.717) is 36.1 Å². The third-order valence-electron chi connectivity index (χ3n) is 5.48. The number of amides is 2. The van der Waals surface area contributed by atoms with Crippen LogP contribution in [-0.2, 0) is 26.0 Å². The molecule has 1 atom stereocenters. The zero-order valence-electron chi connectivity index (χ0n) is 20.0. The Hall–Kier alpha value is -2.39. The third kappa shape index (κ3) is 8.43. The Morgan fingerprint density at radius 3 is 2.35 bits per heavy atom. The van der Waals surface area contributed by atoms with Crippen molar-refractivity contribution in [2.75, 3.05) is 30.2 Å². The molecule has 7 nitrogen and oxygen atoms in total. The zero-order valence-corrected chi connectivity index (χ0v) is 22.4. The smallest absolute Gasteiger partial charge is 0.244 e. The highest BCUT2D eigenvalue weighted by atomic mass is 79.9. The van der Waals surface area contributed by atoms with E-state index in [1.54, 1.807) is 24.3 Å². The van der Waals surface area contributed by atoms with Gasteiger partial charge in [0, 0.05) is 17.6 Å². The fourth-order valence-electron chi connectivity index (χ4n) is 3.65. The second-order valence-electron chi connectivity index (χ2n) is 8.14. The summed E-state index contributed by atoms with van der Waals surface area (Å²) in [7, 11) is -3.74. The van der Waals surface area contributed by atoms with Crippen molar-refractivity contribution in [3.63, 3.8) is 0 Å². The van der Waals surface area contributed by atoms with Gasteiger partial charge in [-0.15, -0.1) is 0 Å². The standard InChI is InChI=1S/C25H34BrN3O4S/c1-4-6-16-27-25(31)23(5-2)28(17-15-20-11-8-7-9-12-20)24(30)19-29(34(3,32)33)22-14-10-13-21(26)18-22/h7-14,18,23H,4-6,15-17,19H2,1-3H3,(H,27,31)/t23-/m0/s1. The first-order chi connectivity index (χ1) is 16.2. The van der Waals surface area contributed by atoms with Crippen molar-refractivity contribution < 1.29 is 18.0 Å². The minimum atomic E-state index is -3.74. The molecule has 0 saturated carbocycles. The zero-order chi connectivity index (χ0) is 25.1. The van der Waals surface area contributed by atoms with Crippen LogP contribution in [-0.4, -0.2) is 57.1 Å². The molecular formula is C25H34BrN3O4S. The third-order valence-corrected chi connectivity index (χ3v) is 7.11. The van der Waals surface area contributed by atoms with E-state index in [-0.39, 0.29) is 12.5 Å². The Balaban J connectivity index is 2.32. The molecule has 2 aromatic carbocycles. The summed E-state index contributed by atoms with van der Waals surface area (Å²) in [5.41, 5.74) is 1.42. The van der Waals surface area contributed by atoms with E-state index >= 15 is 0 Å². The van der Waals surface area contributed by atoms with E-state index in [2.05, 4.69) is 21.2 Å². The van der Waals surface area contributed by atoms with Gasteiger partial charge < -0.3 is 10.2 Å². The van der Waals surface area contributed by atoms with Crippen LogP contribution in [0.25, 0.3) is 0 Å². The molecule has 0 aliphatic rings. The summed E-state index contributed by atoms with van der Waals surface area (Å²) in [6.45, 7) is 4.36. The van der Waals surface area contributed by atoms with Crippen molar-refractivity contribution in [3.05, 3.63) is 64.6 Å². The second kappa shape index (κ2) is 13.5. The topological polar surface area (TPSA) is 86.8 Å². The van der Waals surface area contributed by atoms with Crippen LogP contribution in [0, 0.1) is 0 Å². The molecule has 1 N–H and O–H groups in total. The van der Waals surface area contributed by atoms with Gasteiger partial charge in [-0.05, 0) is 43.0 Å². The summed E-state index contributed by atoms with van der Waals surface area (Å²) in [5.74, 6) is -0.635. The number of carbonyl (C=O) groups excluding carboxylic acids is 2. The summed E-state index contributed by atoms with van der Waals surface area (Å²) >= 11 is 3.36. The van der Waals surface area contributed by atoms with Crippen LogP contribution in [0.3, 0.4) is 0 Å². The predicted octanol–water partition coefficient (Wildman–Crippen LogP) is 3.98. The van der Waals surface area contributed by atoms with Crippen LogP contribution < -0.4 is 9.62 Å². The van der Waals surface area contributed by atoms with Crippen molar-refractivity contribution in [3.8, 4) is 0 Å². The minimum absolute atomic E-state index is 0.217. The molecule has 9 heteroatoms. The molecule has 0 aromatic heterocycles. The van der Waals surface area contributed by atoms with Crippen LogP contribution in [0.2, 0.25) is 0 Å². The lowest BCUT2D eigenvalue weighted by atomic mass is 10.1. The van der Waals surface area contributed by atoms with Crippen molar-refractivity contribution in [2.24, 2.45) is 0 Å². The molecule has 186 valence electrons. The largest absolute Gasteiger partial charge is 0.354 e. The summed E-state index contributed by atoms with van der Waals surface area (Å²) in [6.07, 6.45) is 3.86. The highest BCUT2D eigenvalue weighted by Crippen LogP contribution is 2.22. The molecule has 0 radical (unpaired) electrons. The minimum Gasteiger partial charge on any atom is -0.354 e. The number of nitrogens with zero attached hydrogens (tertiary/aromatic N) is 2. The molecule has 0 aliphatic heterocycles. The number of benzene rings is 2. The van der Waals surface area contributed by atoms with E-state index in [9.17, 15) is 18.0 Å². The Labute approximate surface area is 211 Å². The van der Waals surface area contributed by atoms with E-state index in [0.717, 1.165) is 29.0 Å². The highest BCUT2D eigenvalue weighted by Gasteiger charge is 2.31. The summed E-state index contributed by atoms with van der Waals surface area (Å²) in [6, 6.07) is 15.8. The normalized spacial score (nSPS) is 12.1. The number of sulfonamides is 1. The number of carbonyl (C=O) groups is 2. The number of anilines is 1. The summed E-state index contributed by atoms with van der Waals surface area (Å²) < 4.78 is 27.0.